The number of nitrogens with zero attached hydrogens (tertiary/aromatic N) is 1. The molecular weight excluding hydrogens is 320 g/mol. The third-order valence-corrected chi connectivity index (χ3v) is 5.23. The molecule has 2 N–H and O–H groups in total. The molecule has 1 aromatic carbocycles. The van der Waals surface area contributed by atoms with E-state index in [9.17, 15) is 14.7 Å². The molecule has 3 rings (SSSR count). The average molecular weight is 346 g/mol. The number of rotatable bonds is 5. The second-order valence-electron chi connectivity index (χ2n) is 7.08. The second kappa shape index (κ2) is 7.44. The maximum absolute atomic E-state index is 12.7. The lowest BCUT2D eigenvalue weighted by molar-refractivity contribution is -0.137. The number of urea groups is 1. The van der Waals surface area contributed by atoms with E-state index < -0.39 is 12.0 Å². The number of hydrogen-bond acceptors (Lipinski definition) is 3. The smallest absolute Gasteiger partial charge is 0.318 e. The van der Waals surface area contributed by atoms with Crippen molar-refractivity contribution in [2.45, 2.75) is 45.3 Å². The quantitative estimate of drug-likeness (QED) is 0.859. The molecule has 1 saturated heterocycles. The fraction of sp³-hybridized carbons (Fsp3) is 0.579. The molecular formula is C19H26N2O4. The molecule has 2 amide bonds. The minimum atomic E-state index is -0.927. The Labute approximate surface area is 148 Å². The Morgan fingerprint density at radius 1 is 1.36 bits per heavy atom. The van der Waals surface area contributed by atoms with Crippen molar-refractivity contribution in [3.05, 3.63) is 34.9 Å². The highest BCUT2D eigenvalue weighted by Crippen LogP contribution is 2.35. The molecule has 1 saturated carbocycles. The maximum Gasteiger partial charge on any atom is 0.318 e. The first-order chi connectivity index (χ1) is 12.0. The molecule has 1 heterocycles. The van der Waals surface area contributed by atoms with E-state index in [0.29, 0.717) is 25.6 Å². The van der Waals surface area contributed by atoms with Crippen molar-refractivity contribution in [2.24, 2.45) is 5.92 Å². The molecule has 1 aromatic rings. The number of ether oxygens (including phenoxy) is 1. The second-order valence-corrected chi connectivity index (χ2v) is 7.08. The molecule has 0 bridgehead atoms. The molecule has 136 valence electrons. The van der Waals surface area contributed by atoms with Gasteiger partial charge in [0, 0.05) is 13.1 Å². The van der Waals surface area contributed by atoms with Crippen molar-refractivity contribution >= 4 is 12.0 Å². The minimum Gasteiger partial charge on any atom is -0.481 e. The fourth-order valence-electron chi connectivity index (χ4n) is 3.42. The topological polar surface area (TPSA) is 78.9 Å². The summed E-state index contributed by atoms with van der Waals surface area (Å²) in [6.45, 7) is 5.62. The van der Waals surface area contributed by atoms with E-state index in [-0.39, 0.29) is 18.6 Å². The molecule has 25 heavy (non-hydrogen) atoms. The lowest BCUT2D eigenvalue weighted by atomic mass is 9.95. The van der Waals surface area contributed by atoms with Gasteiger partial charge in [-0.05, 0) is 49.3 Å². The van der Waals surface area contributed by atoms with Crippen LogP contribution in [0.2, 0.25) is 0 Å². The zero-order chi connectivity index (χ0) is 18.0. The Morgan fingerprint density at radius 3 is 2.80 bits per heavy atom. The molecule has 1 unspecified atom stereocenters. The summed E-state index contributed by atoms with van der Waals surface area (Å²) in [4.78, 5) is 25.8. The Bertz CT molecular complexity index is 657. The molecule has 0 aromatic heterocycles. The summed E-state index contributed by atoms with van der Waals surface area (Å²) < 4.78 is 5.76. The fourth-order valence-corrected chi connectivity index (χ4v) is 3.42. The number of nitrogens with one attached hydrogen (secondary N) is 1. The molecule has 1 aliphatic carbocycles. The maximum atomic E-state index is 12.7. The number of morpholine rings is 1. The van der Waals surface area contributed by atoms with Crippen molar-refractivity contribution in [1.29, 1.82) is 0 Å². The van der Waals surface area contributed by atoms with Crippen LogP contribution in [0.4, 0.5) is 4.79 Å². The largest absolute Gasteiger partial charge is 0.481 e. The number of aryl methyl sites for hydroxylation is 1. The van der Waals surface area contributed by atoms with E-state index in [0.717, 1.165) is 16.7 Å². The van der Waals surface area contributed by atoms with Gasteiger partial charge < -0.3 is 20.1 Å². The van der Waals surface area contributed by atoms with Gasteiger partial charge in [0.2, 0.25) is 0 Å². The van der Waals surface area contributed by atoms with Crippen LogP contribution >= 0.6 is 0 Å². The van der Waals surface area contributed by atoms with Crippen molar-refractivity contribution in [3.63, 3.8) is 0 Å². The molecule has 0 radical (unpaired) electrons. The number of benzene rings is 1. The number of carbonyl (C=O) groups excluding carboxylic acids is 1. The third-order valence-electron chi connectivity index (χ3n) is 5.23. The Kier molecular flexibility index (Phi) is 5.27. The first kappa shape index (κ1) is 17.7. The van der Waals surface area contributed by atoms with Gasteiger partial charge in [-0.15, -0.1) is 0 Å². The zero-order valence-electron chi connectivity index (χ0n) is 14.8. The first-order valence-corrected chi connectivity index (χ1v) is 8.90. The van der Waals surface area contributed by atoms with Crippen molar-refractivity contribution in [1.82, 2.24) is 10.2 Å². The summed E-state index contributed by atoms with van der Waals surface area (Å²) in [5.41, 5.74) is 2.97. The number of carbonyl (C=O) groups is 2. The van der Waals surface area contributed by atoms with Gasteiger partial charge in [-0.2, -0.15) is 0 Å². The van der Waals surface area contributed by atoms with E-state index in [1.807, 2.05) is 32.0 Å². The Balaban J connectivity index is 1.72. The molecule has 6 heteroatoms. The Morgan fingerprint density at radius 2 is 2.12 bits per heavy atom. The predicted molar refractivity (Wildman–Crippen MR) is 93.5 cm³/mol. The van der Waals surface area contributed by atoms with E-state index in [1.165, 1.54) is 12.8 Å². The highest BCUT2D eigenvalue weighted by molar-refractivity contribution is 5.76. The lowest BCUT2D eigenvalue weighted by Crippen LogP contribution is -2.51. The van der Waals surface area contributed by atoms with E-state index in [4.69, 9.17) is 4.74 Å². The van der Waals surface area contributed by atoms with Crippen molar-refractivity contribution < 1.29 is 19.4 Å². The van der Waals surface area contributed by atoms with Crippen LogP contribution in [0.3, 0.4) is 0 Å². The molecule has 2 aliphatic rings. The van der Waals surface area contributed by atoms with Gasteiger partial charge in [-0.25, -0.2) is 4.79 Å². The summed E-state index contributed by atoms with van der Waals surface area (Å²) in [5, 5.41) is 12.2. The van der Waals surface area contributed by atoms with Crippen molar-refractivity contribution in [2.75, 3.05) is 19.7 Å². The number of carboxylic acid groups (broad SMARTS) is 1. The van der Waals surface area contributed by atoms with Crippen LogP contribution in [-0.2, 0) is 9.53 Å². The van der Waals surface area contributed by atoms with E-state index >= 15 is 0 Å². The monoisotopic (exact) mass is 346 g/mol. The molecule has 6 nitrogen and oxygen atoms in total. The average Bonchev–Trinajstić information content (AvgIpc) is 3.41. The van der Waals surface area contributed by atoms with E-state index in [1.54, 1.807) is 4.90 Å². The summed E-state index contributed by atoms with van der Waals surface area (Å²) >= 11 is 0. The SMILES string of the molecule is Cc1cccc([C@@H](CC(=O)O)NC(=O)N2CCOC(C3CC3)C2)c1C. The van der Waals surface area contributed by atoms with Crippen LogP contribution in [0.5, 0.6) is 0 Å². The Hall–Kier alpha value is -2.08. The third kappa shape index (κ3) is 4.31. The number of aliphatic carboxylic acids is 1. The summed E-state index contributed by atoms with van der Waals surface area (Å²) in [6, 6.07) is 5.04. The van der Waals surface area contributed by atoms with Gasteiger partial charge in [0.1, 0.15) is 0 Å². The molecule has 2 fully saturated rings. The van der Waals surface area contributed by atoms with Crippen molar-refractivity contribution in [3.8, 4) is 0 Å². The molecule has 2 atom stereocenters. The van der Waals surface area contributed by atoms with Gasteiger partial charge in [-0.1, -0.05) is 18.2 Å². The predicted octanol–water partition coefficient (Wildman–Crippen LogP) is 2.64. The number of amides is 2. The number of carboxylic acids is 1. The standard InChI is InChI=1S/C19H26N2O4/c1-12-4-3-5-15(13(12)2)16(10-18(22)23)20-19(24)21-8-9-25-17(11-21)14-6-7-14/h3-5,14,16-17H,6-11H2,1-2H3,(H,20,24)(H,22,23)/t16-,17?/m1/s1. The summed E-state index contributed by atoms with van der Waals surface area (Å²) in [7, 11) is 0. The normalized spacial score (nSPS) is 21.7. The number of hydrogen-bond donors (Lipinski definition) is 2. The van der Waals surface area contributed by atoms with Crippen LogP contribution in [0.1, 0.15) is 42.0 Å². The zero-order valence-corrected chi connectivity index (χ0v) is 14.8. The lowest BCUT2D eigenvalue weighted by Gasteiger charge is -2.34. The summed E-state index contributed by atoms with van der Waals surface area (Å²) in [5.74, 6) is -0.353. The van der Waals surface area contributed by atoms with Crippen LogP contribution in [0, 0.1) is 19.8 Å². The van der Waals surface area contributed by atoms with Gasteiger partial charge in [0.05, 0.1) is 25.2 Å². The molecule has 0 spiro atoms. The minimum absolute atomic E-state index is 0.123. The van der Waals surface area contributed by atoms with Gasteiger partial charge in [0.15, 0.2) is 0 Å². The van der Waals surface area contributed by atoms with Gasteiger partial charge in [0.25, 0.3) is 0 Å². The van der Waals surface area contributed by atoms with Gasteiger partial charge in [-0.3, -0.25) is 4.79 Å². The van der Waals surface area contributed by atoms with Crippen LogP contribution in [0.25, 0.3) is 0 Å². The van der Waals surface area contributed by atoms with Crippen LogP contribution in [0.15, 0.2) is 18.2 Å². The van der Waals surface area contributed by atoms with Gasteiger partial charge >= 0.3 is 12.0 Å². The van der Waals surface area contributed by atoms with Crippen LogP contribution < -0.4 is 5.32 Å². The molecule has 1 aliphatic heterocycles. The van der Waals surface area contributed by atoms with Crippen LogP contribution in [-0.4, -0.2) is 47.8 Å². The highest BCUT2D eigenvalue weighted by Gasteiger charge is 2.37. The summed E-state index contributed by atoms with van der Waals surface area (Å²) in [6.07, 6.45) is 2.33. The first-order valence-electron chi connectivity index (χ1n) is 8.90. The van der Waals surface area contributed by atoms with E-state index in [2.05, 4.69) is 5.32 Å². The highest BCUT2D eigenvalue weighted by atomic mass is 16.5.